The molecule has 0 aromatic heterocycles. The van der Waals surface area contributed by atoms with Crippen molar-refractivity contribution in [2.75, 3.05) is 24.5 Å². The zero-order chi connectivity index (χ0) is 13.5. The van der Waals surface area contributed by atoms with Crippen LogP contribution >= 0.6 is 40.2 Å². The quantitative estimate of drug-likeness (QED) is 0.807. The molecule has 1 aromatic rings. The highest BCUT2D eigenvalue weighted by Gasteiger charge is 2.46. The Bertz CT molecular complexity index is 521. The van der Waals surface area contributed by atoms with Crippen molar-refractivity contribution in [1.82, 2.24) is 5.32 Å². The van der Waals surface area contributed by atoms with Crippen LogP contribution in [0.1, 0.15) is 12.8 Å². The number of ether oxygens (including phenoxy) is 1. The largest absolute Gasteiger partial charge is 0.441 e. The van der Waals surface area contributed by atoms with E-state index in [4.69, 9.17) is 27.9 Å². The van der Waals surface area contributed by atoms with Crippen LogP contribution < -0.4 is 10.2 Å². The molecular formula is C13H15BrCl2N2O2. The number of carbonyl (C=O) groups excluding carboxylic acids is 1. The van der Waals surface area contributed by atoms with E-state index in [-0.39, 0.29) is 28.7 Å². The fraction of sp³-hybridized carbons (Fsp3) is 0.462. The zero-order valence-electron chi connectivity index (χ0n) is 10.7. The van der Waals surface area contributed by atoms with Crippen molar-refractivity contribution in [3.05, 3.63) is 28.2 Å². The summed E-state index contributed by atoms with van der Waals surface area (Å²) in [6.07, 6.45) is 1.38. The molecule has 7 heteroatoms. The molecule has 0 radical (unpaired) electrons. The lowest BCUT2D eigenvalue weighted by Crippen LogP contribution is -2.44. The van der Waals surface area contributed by atoms with E-state index in [0.717, 1.165) is 31.6 Å². The first-order valence-electron chi connectivity index (χ1n) is 6.26. The third-order valence-electron chi connectivity index (χ3n) is 3.70. The summed E-state index contributed by atoms with van der Waals surface area (Å²) >= 11 is 11.9. The van der Waals surface area contributed by atoms with Gasteiger partial charge in [-0.05, 0) is 31.3 Å². The van der Waals surface area contributed by atoms with Crippen LogP contribution in [-0.4, -0.2) is 31.3 Å². The average Bonchev–Trinajstić information content (AvgIpc) is 2.70. The summed E-state index contributed by atoms with van der Waals surface area (Å²) in [5.41, 5.74) is 0.379. The highest BCUT2D eigenvalue weighted by Crippen LogP contribution is 2.36. The normalized spacial score (nSPS) is 20.7. The first-order valence-corrected chi connectivity index (χ1v) is 7.02. The van der Waals surface area contributed by atoms with Gasteiger partial charge < -0.3 is 10.1 Å². The molecule has 1 spiro atoms. The highest BCUT2D eigenvalue weighted by molar-refractivity contribution is 8.93. The molecule has 0 atom stereocenters. The first-order chi connectivity index (χ1) is 9.10. The van der Waals surface area contributed by atoms with Gasteiger partial charge >= 0.3 is 6.09 Å². The molecule has 3 rings (SSSR count). The summed E-state index contributed by atoms with van der Waals surface area (Å²) in [4.78, 5) is 13.7. The maximum absolute atomic E-state index is 12.1. The van der Waals surface area contributed by atoms with Gasteiger partial charge in [0.25, 0.3) is 0 Å². The van der Waals surface area contributed by atoms with Gasteiger partial charge in [0.2, 0.25) is 0 Å². The molecule has 2 aliphatic rings. The number of rotatable bonds is 1. The maximum atomic E-state index is 12.1. The Morgan fingerprint density at radius 1 is 1.20 bits per heavy atom. The van der Waals surface area contributed by atoms with E-state index in [2.05, 4.69) is 5.32 Å². The van der Waals surface area contributed by atoms with Gasteiger partial charge in [0.15, 0.2) is 0 Å². The van der Waals surface area contributed by atoms with E-state index < -0.39 is 0 Å². The Balaban J connectivity index is 0.00000147. The average molecular weight is 382 g/mol. The molecule has 0 saturated carbocycles. The first kappa shape index (κ1) is 15.9. The van der Waals surface area contributed by atoms with Crippen LogP contribution in [-0.2, 0) is 4.74 Å². The second-order valence-corrected chi connectivity index (χ2v) is 5.80. The van der Waals surface area contributed by atoms with Gasteiger partial charge in [-0.3, -0.25) is 4.90 Å². The van der Waals surface area contributed by atoms with Crippen LogP contribution in [0.4, 0.5) is 10.5 Å². The molecular weight excluding hydrogens is 367 g/mol. The molecule has 2 aliphatic heterocycles. The highest BCUT2D eigenvalue weighted by atomic mass is 79.9. The molecule has 1 amide bonds. The van der Waals surface area contributed by atoms with Gasteiger partial charge in [-0.15, -0.1) is 17.0 Å². The van der Waals surface area contributed by atoms with E-state index in [1.807, 2.05) is 0 Å². The SMILES string of the molecule is Br.O=C1OC2(CCNCC2)CN1c1ccc(Cl)c(Cl)c1. The second kappa shape index (κ2) is 6.10. The van der Waals surface area contributed by atoms with E-state index in [1.54, 1.807) is 23.1 Å². The standard InChI is InChI=1S/C13H14Cl2N2O2.BrH/c14-10-2-1-9(7-11(10)15)17-8-13(19-12(17)18)3-5-16-6-4-13;/h1-2,7,16H,3-6,8H2;1H. The van der Waals surface area contributed by atoms with E-state index in [0.29, 0.717) is 16.6 Å². The molecule has 1 N–H and O–H groups in total. The van der Waals surface area contributed by atoms with Crippen LogP contribution in [0.5, 0.6) is 0 Å². The number of hydrogen-bond donors (Lipinski definition) is 1. The number of anilines is 1. The van der Waals surface area contributed by atoms with E-state index in [9.17, 15) is 4.79 Å². The molecule has 20 heavy (non-hydrogen) atoms. The van der Waals surface area contributed by atoms with Gasteiger partial charge in [-0.1, -0.05) is 23.2 Å². The monoisotopic (exact) mass is 380 g/mol. The lowest BCUT2D eigenvalue weighted by molar-refractivity contribution is 0.0316. The molecule has 2 fully saturated rings. The topological polar surface area (TPSA) is 41.6 Å². The lowest BCUT2D eigenvalue weighted by Gasteiger charge is -2.31. The summed E-state index contributed by atoms with van der Waals surface area (Å²) in [5, 5.41) is 4.20. The molecule has 0 unspecified atom stereocenters. The number of amides is 1. The third-order valence-corrected chi connectivity index (χ3v) is 4.44. The number of benzene rings is 1. The molecule has 2 heterocycles. The van der Waals surface area contributed by atoms with Crippen molar-refractivity contribution in [2.24, 2.45) is 0 Å². The smallest absolute Gasteiger partial charge is 0.415 e. The van der Waals surface area contributed by atoms with Crippen molar-refractivity contribution < 1.29 is 9.53 Å². The predicted octanol–water partition coefficient (Wildman–Crippen LogP) is 3.65. The summed E-state index contributed by atoms with van der Waals surface area (Å²) in [6.45, 7) is 2.33. The molecule has 4 nitrogen and oxygen atoms in total. The summed E-state index contributed by atoms with van der Waals surface area (Å²) in [6, 6.07) is 5.18. The predicted molar refractivity (Wildman–Crippen MR) is 85.4 cm³/mol. The summed E-state index contributed by atoms with van der Waals surface area (Å²) < 4.78 is 5.60. The minimum Gasteiger partial charge on any atom is -0.441 e. The van der Waals surface area contributed by atoms with Crippen LogP contribution in [0.3, 0.4) is 0 Å². The number of halogens is 3. The van der Waals surface area contributed by atoms with Gasteiger partial charge in [0.05, 0.1) is 16.6 Å². The van der Waals surface area contributed by atoms with Gasteiger partial charge in [-0.25, -0.2) is 4.79 Å². The van der Waals surface area contributed by atoms with Crippen molar-refractivity contribution in [3.8, 4) is 0 Å². The van der Waals surface area contributed by atoms with E-state index >= 15 is 0 Å². The number of hydrogen-bond acceptors (Lipinski definition) is 3. The van der Waals surface area contributed by atoms with Crippen LogP contribution in [0, 0.1) is 0 Å². The van der Waals surface area contributed by atoms with Crippen molar-refractivity contribution in [1.29, 1.82) is 0 Å². The fourth-order valence-electron chi connectivity index (χ4n) is 2.62. The molecule has 0 aliphatic carbocycles. The second-order valence-electron chi connectivity index (χ2n) is 4.99. The molecule has 1 aromatic carbocycles. The van der Waals surface area contributed by atoms with Gasteiger partial charge in [0.1, 0.15) is 5.60 Å². The minimum atomic E-state index is -0.353. The van der Waals surface area contributed by atoms with Crippen molar-refractivity contribution in [2.45, 2.75) is 18.4 Å². The third kappa shape index (κ3) is 2.91. The summed E-state index contributed by atoms with van der Waals surface area (Å²) in [5.74, 6) is 0. The van der Waals surface area contributed by atoms with E-state index in [1.165, 1.54) is 0 Å². The Labute approximate surface area is 138 Å². The van der Waals surface area contributed by atoms with Crippen LogP contribution in [0.15, 0.2) is 18.2 Å². The Kier molecular flexibility index (Phi) is 4.84. The molecule has 2 saturated heterocycles. The number of nitrogens with zero attached hydrogens (tertiary/aromatic N) is 1. The van der Waals surface area contributed by atoms with Crippen LogP contribution in [0.25, 0.3) is 0 Å². The maximum Gasteiger partial charge on any atom is 0.415 e. The Hall–Kier alpha value is -0.490. The molecule has 0 bridgehead atoms. The van der Waals surface area contributed by atoms with Crippen LogP contribution in [0.2, 0.25) is 10.0 Å². The minimum absolute atomic E-state index is 0. The Morgan fingerprint density at radius 2 is 1.90 bits per heavy atom. The number of carbonyl (C=O) groups is 1. The Morgan fingerprint density at radius 3 is 2.55 bits per heavy atom. The zero-order valence-corrected chi connectivity index (χ0v) is 13.9. The summed E-state index contributed by atoms with van der Waals surface area (Å²) in [7, 11) is 0. The lowest BCUT2D eigenvalue weighted by atomic mass is 9.92. The van der Waals surface area contributed by atoms with Crippen molar-refractivity contribution >= 4 is 52.0 Å². The number of piperidine rings is 1. The van der Waals surface area contributed by atoms with Gasteiger partial charge in [0, 0.05) is 18.5 Å². The fourth-order valence-corrected chi connectivity index (χ4v) is 2.91. The van der Waals surface area contributed by atoms with Crippen molar-refractivity contribution in [3.63, 3.8) is 0 Å². The number of nitrogens with one attached hydrogen (secondary N) is 1. The van der Waals surface area contributed by atoms with Gasteiger partial charge in [-0.2, -0.15) is 0 Å². The molecule has 110 valence electrons.